The Hall–Kier alpha value is -1.96. The minimum absolute atomic E-state index is 0.170. The molecule has 0 aliphatic carbocycles. The van der Waals surface area contributed by atoms with E-state index >= 15 is 0 Å². The van der Waals surface area contributed by atoms with Crippen molar-refractivity contribution >= 4 is 5.78 Å². The first kappa shape index (κ1) is 11.5. The summed E-state index contributed by atoms with van der Waals surface area (Å²) in [5.41, 5.74) is 1.94. The zero-order chi connectivity index (χ0) is 12.1. The number of aromatic nitrogens is 1. The predicted octanol–water partition coefficient (Wildman–Crippen LogP) is 3.46. The van der Waals surface area contributed by atoms with Gasteiger partial charge in [-0.3, -0.25) is 9.78 Å². The van der Waals surface area contributed by atoms with Gasteiger partial charge >= 0.3 is 0 Å². The van der Waals surface area contributed by atoms with Crippen molar-refractivity contribution < 1.29 is 4.79 Å². The van der Waals surface area contributed by atoms with Gasteiger partial charge in [0.15, 0.2) is 5.78 Å². The van der Waals surface area contributed by atoms with E-state index in [1.165, 1.54) is 5.56 Å². The first-order valence-corrected chi connectivity index (χ1v) is 5.75. The molecule has 0 bridgehead atoms. The Morgan fingerprint density at radius 3 is 2.41 bits per heavy atom. The van der Waals surface area contributed by atoms with Gasteiger partial charge in [0, 0.05) is 24.4 Å². The molecule has 17 heavy (non-hydrogen) atoms. The zero-order valence-corrected chi connectivity index (χ0v) is 9.84. The van der Waals surface area contributed by atoms with Crippen LogP contribution in [0.1, 0.15) is 35.2 Å². The normalized spacial score (nSPS) is 12.1. The van der Waals surface area contributed by atoms with E-state index in [0.717, 1.165) is 5.56 Å². The SMILES string of the molecule is CC(CC(=O)c1ccncc1)c1ccccc1. The number of Topliss-reactive ketones (excluding diaryl/α,β-unsaturated/α-hetero) is 1. The van der Waals surface area contributed by atoms with Crippen LogP contribution < -0.4 is 0 Å². The van der Waals surface area contributed by atoms with Crippen molar-refractivity contribution in [3.8, 4) is 0 Å². The van der Waals surface area contributed by atoms with Gasteiger partial charge in [0.2, 0.25) is 0 Å². The van der Waals surface area contributed by atoms with Gasteiger partial charge in [0.1, 0.15) is 0 Å². The first-order chi connectivity index (χ1) is 8.27. The molecular formula is C15H15NO. The molecule has 0 saturated heterocycles. The Kier molecular flexibility index (Phi) is 3.66. The Labute approximate surface area is 101 Å². The second kappa shape index (κ2) is 5.39. The van der Waals surface area contributed by atoms with Gasteiger partial charge in [-0.1, -0.05) is 37.3 Å². The van der Waals surface area contributed by atoms with Crippen LogP contribution in [-0.2, 0) is 0 Å². The second-order valence-corrected chi connectivity index (χ2v) is 4.17. The van der Waals surface area contributed by atoms with Gasteiger partial charge in [0.25, 0.3) is 0 Å². The summed E-state index contributed by atoms with van der Waals surface area (Å²) in [6, 6.07) is 13.6. The predicted molar refractivity (Wildman–Crippen MR) is 68.0 cm³/mol. The quantitative estimate of drug-likeness (QED) is 0.746. The smallest absolute Gasteiger partial charge is 0.163 e. The van der Waals surface area contributed by atoms with E-state index in [9.17, 15) is 4.79 Å². The lowest BCUT2D eigenvalue weighted by molar-refractivity contribution is 0.0975. The topological polar surface area (TPSA) is 30.0 Å². The van der Waals surface area contributed by atoms with E-state index in [1.807, 2.05) is 18.2 Å². The van der Waals surface area contributed by atoms with Crippen molar-refractivity contribution in [2.75, 3.05) is 0 Å². The van der Waals surface area contributed by atoms with Crippen molar-refractivity contribution in [2.45, 2.75) is 19.3 Å². The molecule has 0 fully saturated rings. The van der Waals surface area contributed by atoms with Crippen LogP contribution in [0.5, 0.6) is 0 Å². The third kappa shape index (κ3) is 3.00. The molecule has 0 aliphatic rings. The first-order valence-electron chi connectivity index (χ1n) is 5.75. The van der Waals surface area contributed by atoms with Gasteiger partial charge in [-0.2, -0.15) is 0 Å². The number of nitrogens with zero attached hydrogens (tertiary/aromatic N) is 1. The highest BCUT2D eigenvalue weighted by atomic mass is 16.1. The molecule has 0 spiro atoms. The van der Waals surface area contributed by atoms with Gasteiger partial charge in [-0.15, -0.1) is 0 Å². The Balaban J connectivity index is 2.05. The summed E-state index contributed by atoms with van der Waals surface area (Å²) in [5, 5.41) is 0. The molecule has 0 amide bonds. The van der Waals surface area contributed by atoms with Crippen LogP contribution in [0.15, 0.2) is 54.9 Å². The number of rotatable bonds is 4. The number of benzene rings is 1. The highest BCUT2D eigenvalue weighted by Crippen LogP contribution is 2.20. The number of pyridine rings is 1. The largest absolute Gasteiger partial charge is 0.294 e. The molecule has 1 unspecified atom stereocenters. The molecule has 2 aromatic rings. The maximum absolute atomic E-state index is 12.0. The monoisotopic (exact) mass is 225 g/mol. The fraction of sp³-hybridized carbons (Fsp3) is 0.200. The summed E-state index contributed by atoms with van der Waals surface area (Å²) in [6.07, 6.45) is 3.84. The summed E-state index contributed by atoms with van der Waals surface area (Å²) >= 11 is 0. The van der Waals surface area contributed by atoms with Crippen LogP contribution in [-0.4, -0.2) is 10.8 Å². The van der Waals surface area contributed by atoms with Crippen molar-refractivity contribution in [3.05, 3.63) is 66.0 Å². The molecule has 86 valence electrons. The molecule has 1 aromatic heterocycles. The highest BCUT2D eigenvalue weighted by molar-refractivity contribution is 5.96. The number of carbonyl (C=O) groups excluding carboxylic acids is 1. The maximum atomic E-state index is 12.0. The van der Waals surface area contributed by atoms with Crippen molar-refractivity contribution in [3.63, 3.8) is 0 Å². The summed E-state index contributed by atoms with van der Waals surface area (Å²) in [5.74, 6) is 0.417. The Morgan fingerprint density at radius 1 is 1.12 bits per heavy atom. The van der Waals surface area contributed by atoms with Gasteiger partial charge in [-0.05, 0) is 23.6 Å². The summed E-state index contributed by atoms with van der Waals surface area (Å²) in [6.45, 7) is 2.08. The fourth-order valence-corrected chi connectivity index (χ4v) is 1.83. The van der Waals surface area contributed by atoms with E-state index in [0.29, 0.717) is 6.42 Å². The lowest BCUT2D eigenvalue weighted by Crippen LogP contribution is -2.05. The second-order valence-electron chi connectivity index (χ2n) is 4.17. The van der Waals surface area contributed by atoms with Crippen molar-refractivity contribution in [1.29, 1.82) is 0 Å². The molecule has 1 atom stereocenters. The molecule has 1 heterocycles. The molecule has 2 nitrogen and oxygen atoms in total. The van der Waals surface area contributed by atoms with Crippen LogP contribution in [0.4, 0.5) is 0 Å². The van der Waals surface area contributed by atoms with Crippen molar-refractivity contribution in [1.82, 2.24) is 4.98 Å². The number of hydrogen-bond donors (Lipinski definition) is 0. The molecule has 0 aliphatic heterocycles. The third-order valence-electron chi connectivity index (χ3n) is 2.86. The number of ketones is 1. The lowest BCUT2D eigenvalue weighted by atomic mass is 9.94. The standard InChI is InChI=1S/C15H15NO/c1-12(13-5-3-2-4-6-13)11-15(17)14-7-9-16-10-8-14/h2-10,12H,11H2,1H3. The van der Waals surface area contributed by atoms with Crippen LogP contribution in [0.2, 0.25) is 0 Å². The minimum atomic E-state index is 0.170. The molecule has 2 rings (SSSR count). The van der Waals surface area contributed by atoms with Crippen molar-refractivity contribution in [2.24, 2.45) is 0 Å². The third-order valence-corrected chi connectivity index (χ3v) is 2.86. The lowest BCUT2D eigenvalue weighted by Gasteiger charge is -2.10. The van der Waals surface area contributed by atoms with Crippen LogP contribution in [0.25, 0.3) is 0 Å². The Morgan fingerprint density at radius 2 is 1.76 bits per heavy atom. The summed E-state index contributed by atoms with van der Waals surface area (Å²) < 4.78 is 0. The molecule has 1 aromatic carbocycles. The van der Waals surface area contributed by atoms with Gasteiger partial charge in [0.05, 0.1) is 0 Å². The minimum Gasteiger partial charge on any atom is -0.294 e. The Bertz CT molecular complexity index is 479. The number of carbonyl (C=O) groups is 1. The highest BCUT2D eigenvalue weighted by Gasteiger charge is 2.12. The molecule has 2 heteroatoms. The zero-order valence-electron chi connectivity index (χ0n) is 9.84. The summed E-state index contributed by atoms with van der Waals surface area (Å²) in [4.78, 5) is 15.9. The van der Waals surface area contributed by atoms with Crippen LogP contribution in [0, 0.1) is 0 Å². The fourth-order valence-electron chi connectivity index (χ4n) is 1.83. The van der Waals surface area contributed by atoms with E-state index < -0.39 is 0 Å². The van der Waals surface area contributed by atoms with Gasteiger partial charge in [-0.25, -0.2) is 0 Å². The average Bonchev–Trinajstić information content (AvgIpc) is 2.40. The van der Waals surface area contributed by atoms with E-state index in [-0.39, 0.29) is 11.7 Å². The van der Waals surface area contributed by atoms with Crippen LogP contribution in [0.3, 0.4) is 0 Å². The van der Waals surface area contributed by atoms with Gasteiger partial charge < -0.3 is 0 Å². The molecule has 0 saturated carbocycles. The van der Waals surface area contributed by atoms with E-state index in [1.54, 1.807) is 24.5 Å². The van der Waals surface area contributed by atoms with Crippen LogP contribution >= 0.6 is 0 Å². The number of hydrogen-bond acceptors (Lipinski definition) is 2. The molecular weight excluding hydrogens is 210 g/mol. The summed E-state index contributed by atoms with van der Waals surface area (Å²) in [7, 11) is 0. The maximum Gasteiger partial charge on any atom is 0.163 e. The molecule has 0 N–H and O–H groups in total. The van der Waals surface area contributed by atoms with E-state index in [2.05, 4.69) is 24.0 Å². The average molecular weight is 225 g/mol. The van der Waals surface area contributed by atoms with E-state index in [4.69, 9.17) is 0 Å². The molecule has 0 radical (unpaired) electrons.